The number of rotatable bonds is 4. The number of esters is 1. The van der Waals surface area contributed by atoms with Crippen molar-refractivity contribution in [3.8, 4) is 5.75 Å². The molecular formula is C19H15ClO5S. The first kappa shape index (κ1) is 18.2. The van der Waals surface area contributed by atoms with E-state index in [2.05, 4.69) is 0 Å². The molecule has 0 spiro atoms. The summed E-state index contributed by atoms with van der Waals surface area (Å²) in [4.78, 5) is 12.3. The molecule has 0 saturated carbocycles. The molecule has 26 heavy (non-hydrogen) atoms. The molecule has 0 aliphatic carbocycles. The van der Waals surface area contributed by atoms with E-state index in [0.29, 0.717) is 5.02 Å². The quantitative estimate of drug-likeness (QED) is 0.480. The highest BCUT2D eigenvalue weighted by atomic mass is 35.5. The van der Waals surface area contributed by atoms with Crippen LogP contribution in [0.3, 0.4) is 0 Å². The standard InChI is InChI=1S/C19H15ClO5S/c1-12-3-6-15(7-4-12)26(22,23)18-10-9-17(25-18)19(21)24-14-5-8-16(20)13(2)11-14/h3-11H,1-2H3. The van der Waals surface area contributed by atoms with E-state index in [-0.39, 0.29) is 21.5 Å². The predicted octanol–water partition coefficient (Wildman–Crippen LogP) is 4.60. The number of hydrogen-bond acceptors (Lipinski definition) is 5. The predicted molar refractivity (Wildman–Crippen MR) is 96.5 cm³/mol. The molecule has 7 heteroatoms. The van der Waals surface area contributed by atoms with Gasteiger partial charge in [-0.2, -0.15) is 0 Å². The molecule has 0 aliphatic heterocycles. The highest BCUT2D eigenvalue weighted by molar-refractivity contribution is 7.91. The molecule has 134 valence electrons. The summed E-state index contributed by atoms with van der Waals surface area (Å²) in [5.74, 6) is -0.711. The Hall–Kier alpha value is -2.57. The van der Waals surface area contributed by atoms with Crippen LogP contribution in [0.4, 0.5) is 0 Å². The van der Waals surface area contributed by atoms with Gasteiger partial charge in [-0.15, -0.1) is 0 Å². The molecule has 0 radical (unpaired) electrons. The first-order valence-electron chi connectivity index (χ1n) is 7.67. The minimum atomic E-state index is -3.85. The normalized spacial score (nSPS) is 11.3. The van der Waals surface area contributed by atoms with Gasteiger partial charge in [0.1, 0.15) is 5.75 Å². The third kappa shape index (κ3) is 3.66. The highest BCUT2D eigenvalue weighted by Crippen LogP contribution is 2.25. The minimum absolute atomic E-state index is 0.0886. The molecule has 1 aromatic heterocycles. The average molecular weight is 391 g/mol. The van der Waals surface area contributed by atoms with E-state index in [1.54, 1.807) is 37.3 Å². The van der Waals surface area contributed by atoms with Gasteiger partial charge in [-0.05, 0) is 61.9 Å². The van der Waals surface area contributed by atoms with Gasteiger partial charge in [0.15, 0.2) is 0 Å². The zero-order chi connectivity index (χ0) is 18.9. The molecule has 1 heterocycles. The lowest BCUT2D eigenvalue weighted by atomic mass is 10.2. The van der Waals surface area contributed by atoms with Crippen molar-refractivity contribution in [3.63, 3.8) is 0 Å². The monoisotopic (exact) mass is 390 g/mol. The molecule has 3 aromatic rings. The topological polar surface area (TPSA) is 73.6 Å². The summed E-state index contributed by atoms with van der Waals surface area (Å²) < 4.78 is 35.6. The minimum Gasteiger partial charge on any atom is -0.437 e. The Kier molecular flexibility index (Phi) is 4.89. The van der Waals surface area contributed by atoms with E-state index >= 15 is 0 Å². The number of ether oxygens (including phenoxy) is 1. The molecule has 2 aromatic carbocycles. The summed E-state index contributed by atoms with van der Waals surface area (Å²) in [6.45, 7) is 3.63. The first-order chi connectivity index (χ1) is 12.3. The van der Waals surface area contributed by atoms with E-state index < -0.39 is 15.8 Å². The Morgan fingerprint density at radius 3 is 2.35 bits per heavy atom. The van der Waals surface area contributed by atoms with Gasteiger partial charge < -0.3 is 9.15 Å². The summed E-state index contributed by atoms with van der Waals surface area (Å²) in [6, 6.07) is 13.6. The van der Waals surface area contributed by atoms with Gasteiger partial charge in [-0.1, -0.05) is 29.3 Å². The van der Waals surface area contributed by atoms with Crippen LogP contribution >= 0.6 is 11.6 Å². The van der Waals surface area contributed by atoms with Crippen LogP contribution in [-0.2, 0) is 9.84 Å². The van der Waals surface area contributed by atoms with Crippen LogP contribution in [0, 0.1) is 13.8 Å². The SMILES string of the molecule is Cc1ccc(S(=O)(=O)c2ccc(C(=O)Oc3ccc(Cl)c(C)c3)o2)cc1. The molecule has 0 amide bonds. The molecule has 0 N–H and O–H groups in total. The maximum Gasteiger partial charge on any atom is 0.379 e. The third-order valence-corrected chi connectivity index (χ3v) is 5.78. The summed E-state index contributed by atoms with van der Waals surface area (Å²) in [5, 5.41) is 0.231. The fraction of sp³-hybridized carbons (Fsp3) is 0.105. The molecule has 0 aliphatic rings. The average Bonchev–Trinajstić information content (AvgIpc) is 3.10. The van der Waals surface area contributed by atoms with E-state index in [9.17, 15) is 13.2 Å². The molecule has 3 rings (SSSR count). The number of carbonyl (C=O) groups is 1. The fourth-order valence-corrected chi connectivity index (χ4v) is 3.54. The van der Waals surface area contributed by atoms with Crippen LogP contribution in [0.5, 0.6) is 5.75 Å². The molecule has 5 nitrogen and oxygen atoms in total. The second-order valence-electron chi connectivity index (χ2n) is 5.74. The highest BCUT2D eigenvalue weighted by Gasteiger charge is 2.24. The van der Waals surface area contributed by atoms with Crippen LogP contribution in [0.1, 0.15) is 21.7 Å². The number of aryl methyl sites for hydroxylation is 2. The Morgan fingerprint density at radius 2 is 1.69 bits per heavy atom. The molecule has 0 fully saturated rings. The zero-order valence-electron chi connectivity index (χ0n) is 14.0. The largest absolute Gasteiger partial charge is 0.437 e. The van der Waals surface area contributed by atoms with E-state index in [1.807, 2.05) is 6.92 Å². The van der Waals surface area contributed by atoms with Crippen LogP contribution in [0.15, 0.2) is 69.0 Å². The van der Waals surface area contributed by atoms with Crippen molar-refractivity contribution >= 4 is 27.4 Å². The lowest BCUT2D eigenvalue weighted by Gasteiger charge is -2.05. The van der Waals surface area contributed by atoms with Gasteiger partial charge in [0, 0.05) is 5.02 Å². The number of carbonyl (C=O) groups excluding carboxylic acids is 1. The van der Waals surface area contributed by atoms with Gasteiger partial charge in [0.25, 0.3) is 0 Å². The van der Waals surface area contributed by atoms with Crippen LogP contribution in [0.25, 0.3) is 0 Å². The molecule has 0 bridgehead atoms. The van der Waals surface area contributed by atoms with Gasteiger partial charge in [-0.3, -0.25) is 0 Å². The maximum absolute atomic E-state index is 12.6. The van der Waals surface area contributed by atoms with Gasteiger partial charge in [-0.25, -0.2) is 13.2 Å². The summed E-state index contributed by atoms with van der Waals surface area (Å²) in [5.41, 5.74) is 1.69. The summed E-state index contributed by atoms with van der Waals surface area (Å²) in [6.07, 6.45) is 0. The van der Waals surface area contributed by atoms with Crippen molar-refractivity contribution in [1.29, 1.82) is 0 Å². The van der Waals surface area contributed by atoms with Crippen LogP contribution in [0.2, 0.25) is 5.02 Å². The number of hydrogen-bond donors (Lipinski definition) is 0. The third-order valence-electron chi connectivity index (χ3n) is 3.72. The van der Waals surface area contributed by atoms with Crippen molar-refractivity contribution in [2.75, 3.05) is 0 Å². The molecular weight excluding hydrogens is 376 g/mol. The zero-order valence-corrected chi connectivity index (χ0v) is 15.6. The molecule has 0 unspecified atom stereocenters. The summed E-state index contributed by atoms with van der Waals surface area (Å²) >= 11 is 5.93. The number of furan rings is 1. The Balaban J connectivity index is 1.83. The van der Waals surface area contributed by atoms with Crippen molar-refractivity contribution in [2.24, 2.45) is 0 Å². The second kappa shape index (κ2) is 6.97. The van der Waals surface area contributed by atoms with Crippen molar-refractivity contribution in [3.05, 3.63) is 76.5 Å². The van der Waals surface area contributed by atoms with E-state index in [0.717, 1.165) is 11.1 Å². The Labute approximate surface area is 156 Å². The van der Waals surface area contributed by atoms with Crippen molar-refractivity contribution < 1.29 is 22.4 Å². The molecule has 0 atom stereocenters. The van der Waals surface area contributed by atoms with Crippen molar-refractivity contribution in [2.45, 2.75) is 23.8 Å². The van der Waals surface area contributed by atoms with Gasteiger partial charge in [0.2, 0.25) is 20.7 Å². The van der Waals surface area contributed by atoms with E-state index in [1.165, 1.54) is 24.3 Å². The number of sulfone groups is 1. The fourth-order valence-electron chi connectivity index (χ4n) is 2.25. The van der Waals surface area contributed by atoms with E-state index in [4.69, 9.17) is 20.8 Å². The number of halogens is 1. The van der Waals surface area contributed by atoms with Crippen LogP contribution < -0.4 is 4.74 Å². The molecule has 0 saturated heterocycles. The Morgan fingerprint density at radius 1 is 1.00 bits per heavy atom. The second-order valence-corrected chi connectivity index (χ2v) is 8.02. The Bertz CT molecular complexity index is 1070. The first-order valence-corrected chi connectivity index (χ1v) is 9.53. The lowest BCUT2D eigenvalue weighted by Crippen LogP contribution is -2.07. The van der Waals surface area contributed by atoms with Gasteiger partial charge in [0.05, 0.1) is 4.90 Å². The maximum atomic E-state index is 12.6. The summed E-state index contributed by atoms with van der Waals surface area (Å²) in [7, 11) is -3.85. The lowest BCUT2D eigenvalue weighted by molar-refractivity contribution is 0.0695. The van der Waals surface area contributed by atoms with Crippen molar-refractivity contribution in [1.82, 2.24) is 0 Å². The van der Waals surface area contributed by atoms with Crippen LogP contribution in [-0.4, -0.2) is 14.4 Å². The smallest absolute Gasteiger partial charge is 0.379 e. The van der Waals surface area contributed by atoms with Gasteiger partial charge >= 0.3 is 5.97 Å². The number of benzene rings is 2.